The van der Waals surface area contributed by atoms with Gasteiger partial charge in [0.05, 0.1) is 10.6 Å². The van der Waals surface area contributed by atoms with Gasteiger partial charge in [-0.25, -0.2) is 8.42 Å². The van der Waals surface area contributed by atoms with Crippen molar-refractivity contribution in [3.8, 4) is 11.3 Å². The van der Waals surface area contributed by atoms with E-state index < -0.39 is 15.6 Å². The summed E-state index contributed by atoms with van der Waals surface area (Å²) in [7, 11) is -3.79. The Balaban J connectivity index is 2.27. The van der Waals surface area contributed by atoms with Gasteiger partial charge < -0.3 is 0 Å². The Morgan fingerprint density at radius 1 is 1.00 bits per heavy atom. The van der Waals surface area contributed by atoms with E-state index in [0.717, 1.165) is 14.9 Å². The Kier molecular flexibility index (Phi) is 2.25. The summed E-state index contributed by atoms with van der Waals surface area (Å²) >= 11 is 0. The van der Waals surface area contributed by atoms with Gasteiger partial charge in [0.25, 0.3) is 15.6 Å². The number of pyridine rings is 1. The van der Waals surface area contributed by atoms with Gasteiger partial charge in [-0.1, -0.05) is 35.9 Å². The summed E-state index contributed by atoms with van der Waals surface area (Å²) < 4.78 is 26.1. The van der Waals surface area contributed by atoms with Crippen LogP contribution in [0.1, 0.15) is 5.56 Å². The zero-order valence-electron chi connectivity index (χ0n) is 11.2. The van der Waals surface area contributed by atoms with Crippen molar-refractivity contribution in [3.05, 3.63) is 64.4 Å². The Bertz CT molecular complexity index is 1080. The molecular formula is C16H11NO3S. The molecule has 0 unspecified atom stereocenters. The fraction of sp³-hybridized carbons (Fsp3) is 0.0625. The fourth-order valence-corrected chi connectivity index (χ4v) is 4.47. The minimum Gasteiger partial charge on any atom is -0.268 e. The molecule has 21 heavy (non-hydrogen) atoms. The third-order valence-corrected chi connectivity index (χ3v) is 5.57. The first kappa shape index (κ1) is 12.3. The molecular weight excluding hydrogens is 286 g/mol. The third-order valence-electron chi connectivity index (χ3n) is 3.81. The first-order valence-electron chi connectivity index (χ1n) is 6.51. The van der Waals surface area contributed by atoms with Crippen molar-refractivity contribution in [3.63, 3.8) is 0 Å². The lowest BCUT2D eigenvalue weighted by molar-refractivity contribution is 0.590. The molecule has 1 aromatic heterocycles. The molecule has 4 rings (SSSR count). The van der Waals surface area contributed by atoms with E-state index in [4.69, 9.17) is 0 Å². The summed E-state index contributed by atoms with van der Waals surface area (Å²) in [5.41, 5.74) is 1.56. The van der Waals surface area contributed by atoms with E-state index in [1.165, 1.54) is 6.07 Å². The quantitative estimate of drug-likeness (QED) is 0.501. The average molecular weight is 297 g/mol. The van der Waals surface area contributed by atoms with E-state index in [1.807, 2.05) is 19.1 Å². The smallest absolute Gasteiger partial charge is 0.268 e. The number of benzene rings is 2. The summed E-state index contributed by atoms with van der Waals surface area (Å²) in [6.45, 7) is 1.94. The molecule has 1 aliphatic heterocycles. The highest BCUT2D eigenvalue weighted by Crippen LogP contribution is 2.36. The van der Waals surface area contributed by atoms with Crippen LogP contribution in [-0.2, 0) is 10.0 Å². The molecule has 0 atom stereocenters. The van der Waals surface area contributed by atoms with Gasteiger partial charge in [0.15, 0.2) is 0 Å². The topological polar surface area (TPSA) is 56.1 Å². The number of fused-ring (bicyclic) bond motifs is 4. The van der Waals surface area contributed by atoms with Crippen LogP contribution in [0.2, 0.25) is 0 Å². The minimum atomic E-state index is -3.79. The van der Waals surface area contributed by atoms with E-state index in [-0.39, 0.29) is 4.90 Å². The summed E-state index contributed by atoms with van der Waals surface area (Å²) in [5.74, 6) is 0. The molecule has 0 amide bonds. The maximum Gasteiger partial charge on any atom is 0.272 e. The van der Waals surface area contributed by atoms with E-state index in [2.05, 4.69) is 0 Å². The molecule has 5 heteroatoms. The normalized spacial score (nSPS) is 14.9. The van der Waals surface area contributed by atoms with Gasteiger partial charge in [-0.15, -0.1) is 0 Å². The van der Waals surface area contributed by atoms with Crippen LogP contribution >= 0.6 is 0 Å². The maximum absolute atomic E-state index is 12.6. The Hall–Kier alpha value is -2.40. The number of aromatic nitrogens is 1. The van der Waals surface area contributed by atoms with Crippen molar-refractivity contribution in [2.45, 2.75) is 11.8 Å². The molecule has 1 aliphatic rings. The van der Waals surface area contributed by atoms with Crippen LogP contribution in [0.3, 0.4) is 0 Å². The summed E-state index contributed by atoms with van der Waals surface area (Å²) in [6, 6.07) is 13.9. The molecule has 4 nitrogen and oxygen atoms in total. The van der Waals surface area contributed by atoms with Gasteiger partial charge in [-0.2, -0.15) is 3.97 Å². The molecule has 0 saturated carbocycles. The molecule has 0 radical (unpaired) electrons. The van der Waals surface area contributed by atoms with Crippen LogP contribution in [0.25, 0.3) is 22.0 Å². The minimum absolute atomic E-state index is 0.189. The van der Waals surface area contributed by atoms with E-state index in [0.29, 0.717) is 16.6 Å². The predicted octanol–water partition coefficient (Wildman–Crippen LogP) is 2.53. The van der Waals surface area contributed by atoms with Crippen LogP contribution < -0.4 is 5.56 Å². The lowest BCUT2D eigenvalue weighted by Crippen LogP contribution is -2.24. The van der Waals surface area contributed by atoms with Gasteiger partial charge in [0, 0.05) is 10.9 Å². The SMILES string of the molecule is Cc1ccc2c(=O)n3c(cc2c1)-c1ccccc1S3(=O)=O. The summed E-state index contributed by atoms with van der Waals surface area (Å²) in [4.78, 5) is 12.8. The van der Waals surface area contributed by atoms with Gasteiger partial charge >= 0.3 is 0 Å². The standard InChI is InChI=1S/C16H11NO3S/c1-10-6-7-12-11(8-10)9-14-13-4-2-3-5-15(13)21(19,20)17(14)16(12)18/h2-9H,1H3. The molecule has 0 bridgehead atoms. The number of hydrogen-bond donors (Lipinski definition) is 0. The molecule has 0 fully saturated rings. The maximum atomic E-state index is 12.6. The number of rotatable bonds is 0. The van der Waals surface area contributed by atoms with Crippen molar-refractivity contribution in [1.29, 1.82) is 0 Å². The van der Waals surface area contributed by atoms with Crippen LogP contribution in [0.15, 0.2) is 58.2 Å². The van der Waals surface area contributed by atoms with Crippen molar-refractivity contribution in [1.82, 2.24) is 3.97 Å². The van der Waals surface area contributed by atoms with Gasteiger partial charge in [0.2, 0.25) is 0 Å². The predicted molar refractivity (Wildman–Crippen MR) is 81.0 cm³/mol. The average Bonchev–Trinajstić information content (AvgIpc) is 2.68. The second kappa shape index (κ2) is 3.83. The lowest BCUT2D eigenvalue weighted by atomic mass is 10.1. The second-order valence-electron chi connectivity index (χ2n) is 5.19. The molecule has 2 aromatic carbocycles. The third kappa shape index (κ3) is 1.49. The van der Waals surface area contributed by atoms with Crippen molar-refractivity contribution < 1.29 is 8.42 Å². The van der Waals surface area contributed by atoms with E-state index >= 15 is 0 Å². The zero-order chi connectivity index (χ0) is 14.8. The first-order valence-corrected chi connectivity index (χ1v) is 7.95. The summed E-state index contributed by atoms with van der Waals surface area (Å²) in [5, 5.41) is 1.18. The Morgan fingerprint density at radius 2 is 1.76 bits per heavy atom. The zero-order valence-corrected chi connectivity index (χ0v) is 12.0. The highest BCUT2D eigenvalue weighted by atomic mass is 32.2. The highest BCUT2D eigenvalue weighted by molar-refractivity contribution is 7.90. The molecule has 0 N–H and O–H groups in total. The molecule has 0 saturated heterocycles. The van der Waals surface area contributed by atoms with Gasteiger partial charge in [-0.3, -0.25) is 4.79 Å². The van der Waals surface area contributed by atoms with Crippen LogP contribution in [0.5, 0.6) is 0 Å². The molecule has 0 spiro atoms. The number of aryl methyl sites for hydroxylation is 1. The molecule has 3 aromatic rings. The van der Waals surface area contributed by atoms with Crippen molar-refractivity contribution >= 4 is 20.8 Å². The molecule has 2 heterocycles. The van der Waals surface area contributed by atoms with E-state index in [9.17, 15) is 13.2 Å². The van der Waals surface area contributed by atoms with Gasteiger partial charge in [-0.05, 0) is 30.5 Å². The second-order valence-corrected chi connectivity index (χ2v) is 6.95. The number of nitrogens with zero attached hydrogens (tertiary/aromatic N) is 1. The largest absolute Gasteiger partial charge is 0.272 e. The highest BCUT2D eigenvalue weighted by Gasteiger charge is 2.33. The fourth-order valence-electron chi connectivity index (χ4n) is 2.85. The van der Waals surface area contributed by atoms with Crippen LogP contribution in [0, 0.1) is 6.92 Å². The lowest BCUT2D eigenvalue weighted by Gasteiger charge is -2.06. The summed E-state index contributed by atoms with van der Waals surface area (Å²) in [6.07, 6.45) is 0. The number of hydrogen-bond acceptors (Lipinski definition) is 3. The molecule has 0 aliphatic carbocycles. The van der Waals surface area contributed by atoms with Crippen molar-refractivity contribution in [2.75, 3.05) is 0 Å². The Labute approximate surface area is 121 Å². The van der Waals surface area contributed by atoms with Crippen molar-refractivity contribution in [2.24, 2.45) is 0 Å². The first-order chi connectivity index (χ1) is 10.00. The van der Waals surface area contributed by atoms with Crippen LogP contribution in [0.4, 0.5) is 0 Å². The monoisotopic (exact) mass is 297 g/mol. The molecule has 104 valence electrons. The van der Waals surface area contributed by atoms with E-state index in [1.54, 1.807) is 30.3 Å². The Morgan fingerprint density at radius 3 is 2.57 bits per heavy atom. The van der Waals surface area contributed by atoms with Crippen LogP contribution in [-0.4, -0.2) is 12.4 Å². The van der Waals surface area contributed by atoms with Gasteiger partial charge in [0.1, 0.15) is 0 Å².